The number of carbonyl (C=O) groups is 1. The van der Waals surface area contributed by atoms with Crippen molar-refractivity contribution in [3.05, 3.63) is 51.3 Å². The van der Waals surface area contributed by atoms with Crippen LogP contribution < -0.4 is 0 Å². The molecule has 3 aromatic rings. The second kappa shape index (κ2) is 4.40. The minimum atomic E-state index is -0.102. The highest BCUT2D eigenvalue weighted by Crippen LogP contribution is 2.27. The van der Waals surface area contributed by atoms with E-state index >= 15 is 0 Å². The Kier molecular flexibility index (Phi) is 2.84. The van der Waals surface area contributed by atoms with Gasteiger partial charge in [0.05, 0.1) is 14.7 Å². The summed E-state index contributed by atoms with van der Waals surface area (Å²) >= 11 is 7.13. The van der Waals surface area contributed by atoms with E-state index in [9.17, 15) is 9.90 Å². The van der Waals surface area contributed by atoms with Gasteiger partial charge in [0.25, 0.3) is 5.91 Å². The van der Waals surface area contributed by atoms with Gasteiger partial charge in [-0.15, -0.1) is 11.3 Å². The molecule has 0 unspecified atom stereocenters. The van der Waals surface area contributed by atoms with Crippen molar-refractivity contribution in [2.24, 2.45) is 0 Å². The van der Waals surface area contributed by atoms with Crippen LogP contribution in [0.25, 0.3) is 10.9 Å². The second-order valence-corrected chi connectivity index (χ2v) is 5.99. The first-order valence-electron chi connectivity index (χ1n) is 5.67. The van der Waals surface area contributed by atoms with Crippen molar-refractivity contribution in [3.8, 4) is 5.75 Å². The topological polar surface area (TPSA) is 42.2 Å². The maximum absolute atomic E-state index is 12.5. The summed E-state index contributed by atoms with van der Waals surface area (Å²) in [7, 11) is 0. The molecule has 0 bridgehead atoms. The molecule has 1 N–H and O–H groups in total. The fourth-order valence-corrected chi connectivity index (χ4v) is 3.12. The van der Waals surface area contributed by atoms with Gasteiger partial charge in [0, 0.05) is 11.1 Å². The van der Waals surface area contributed by atoms with Gasteiger partial charge in [-0.2, -0.15) is 0 Å². The fourth-order valence-electron chi connectivity index (χ4n) is 2.15. The third-order valence-electron chi connectivity index (χ3n) is 2.96. The molecule has 0 aliphatic carbocycles. The Bertz CT molecular complexity index is 788. The number of phenolic OH excluding ortho intramolecular Hbond substituents is 1. The summed E-state index contributed by atoms with van der Waals surface area (Å²) in [6, 6.07) is 10.3. The molecule has 0 spiro atoms. The number of rotatable bonds is 1. The molecule has 3 nitrogen and oxygen atoms in total. The van der Waals surface area contributed by atoms with Gasteiger partial charge >= 0.3 is 0 Å². The smallest absolute Gasteiger partial charge is 0.272 e. The predicted octanol–water partition coefficient (Wildman–Crippen LogP) is 4.06. The number of thiophene rings is 1. The molecule has 0 aliphatic heterocycles. The number of nitrogens with zero attached hydrogens (tertiary/aromatic N) is 1. The summed E-state index contributed by atoms with van der Waals surface area (Å²) in [5.41, 5.74) is 1.61. The molecule has 2 aromatic heterocycles. The summed E-state index contributed by atoms with van der Waals surface area (Å²) in [5, 5.41) is 10.3. The molecule has 3 rings (SSSR count). The summed E-state index contributed by atoms with van der Waals surface area (Å²) in [6.45, 7) is 1.87. The highest BCUT2D eigenvalue weighted by atomic mass is 35.5. The van der Waals surface area contributed by atoms with E-state index in [1.165, 1.54) is 11.3 Å². The number of aryl methyl sites for hydroxylation is 1. The second-order valence-electron chi connectivity index (χ2n) is 4.27. The zero-order chi connectivity index (χ0) is 13.6. The molecule has 0 saturated heterocycles. The van der Waals surface area contributed by atoms with Crippen molar-refractivity contribution < 1.29 is 9.90 Å². The van der Waals surface area contributed by atoms with Crippen LogP contribution in [0.2, 0.25) is 4.34 Å². The Balaban J connectivity index is 2.19. The minimum absolute atomic E-state index is 0.102. The van der Waals surface area contributed by atoms with E-state index < -0.39 is 0 Å². The standard InChI is InChI=1S/C14H10ClNO2S/c1-8-6-9-7-10(17)2-3-11(9)16(8)14(18)12-4-5-13(15)19-12/h2-7,17H,1H3. The molecule has 0 radical (unpaired) electrons. The summed E-state index contributed by atoms with van der Waals surface area (Å²) < 4.78 is 2.23. The molecule has 0 aliphatic rings. The number of hydrogen-bond donors (Lipinski definition) is 1. The molecule has 0 saturated carbocycles. The monoisotopic (exact) mass is 291 g/mol. The van der Waals surface area contributed by atoms with Gasteiger partial charge in [0.15, 0.2) is 0 Å². The van der Waals surface area contributed by atoms with E-state index in [0.29, 0.717) is 9.21 Å². The largest absolute Gasteiger partial charge is 0.508 e. The quantitative estimate of drug-likeness (QED) is 0.734. The number of benzene rings is 1. The van der Waals surface area contributed by atoms with Crippen molar-refractivity contribution in [1.82, 2.24) is 4.57 Å². The number of aromatic nitrogens is 1. The number of carbonyl (C=O) groups excluding carboxylic acids is 1. The third-order valence-corrected chi connectivity index (χ3v) is 4.18. The van der Waals surface area contributed by atoms with Crippen LogP contribution in [0, 0.1) is 6.92 Å². The lowest BCUT2D eigenvalue weighted by Gasteiger charge is -2.04. The molecule has 0 fully saturated rings. The van der Waals surface area contributed by atoms with E-state index in [1.54, 1.807) is 34.9 Å². The van der Waals surface area contributed by atoms with Crippen LogP contribution in [0.5, 0.6) is 5.75 Å². The van der Waals surface area contributed by atoms with Gasteiger partial charge in [-0.3, -0.25) is 9.36 Å². The van der Waals surface area contributed by atoms with Gasteiger partial charge in [-0.05, 0) is 43.3 Å². The molecular formula is C14H10ClNO2S. The zero-order valence-electron chi connectivity index (χ0n) is 10.1. The molecule has 19 heavy (non-hydrogen) atoms. The predicted molar refractivity (Wildman–Crippen MR) is 77.4 cm³/mol. The fraction of sp³-hybridized carbons (Fsp3) is 0.0714. The third kappa shape index (κ3) is 2.03. The zero-order valence-corrected chi connectivity index (χ0v) is 11.6. The summed E-state index contributed by atoms with van der Waals surface area (Å²) in [4.78, 5) is 13.1. The summed E-state index contributed by atoms with van der Waals surface area (Å²) in [5.74, 6) is 0.0892. The lowest BCUT2D eigenvalue weighted by atomic mass is 10.2. The Labute approximate surface area is 118 Å². The lowest BCUT2D eigenvalue weighted by Crippen LogP contribution is -2.11. The number of phenols is 1. The highest BCUT2D eigenvalue weighted by Gasteiger charge is 2.16. The number of hydrogen-bond acceptors (Lipinski definition) is 3. The first-order chi connectivity index (χ1) is 9.06. The molecule has 96 valence electrons. The van der Waals surface area contributed by atoms with Gasteiger partial charge in [-0.25, -0.2) is 0 Å². The normalized spacial score (nSPS) is 11.1. The van der Waals surface area contributed by atoms with Crippen LogP contribution in [0.3, 0.4) is 0 Å². The van der Waals surface area contributed by atoms with Crippen LogP contribution in [0.15, 0.2) is 36.4 Å². The number of fused-ring (bicyclic) bond motifs is 1. The maximum atomic E-state index is 12.5. The van der Waals surface area contributed by atoms with Gasteiger partial charge in [-0.1, -0.05) is 11.6 Å². The van der Waals surface area contributed by atoms with Crippen molar-refractivity contribution in [1.29, 1.82) is 0 Å². The summed E-state index contributed by atoms with van der Waals surface area (Å²) in [6.07, 6.45) is 0. The molecule has 0 amide bonds. The molecule has 5 heteroatoms. The Hall–Kier alpha value is -1.78. The van der Waals surface area contributed by atoms with Gasteiger partial charge in [0.1, 0.15) is 5.75 Å². The highest BCUT2D eigenvalue weighted by molar-refractivity contribution is 7.18. The van der Waals surface area contributed by atoms with E-state index in [0.717, 1.165) is 16.6 Å². The van der Waals surface area contributed by atoms with E-state index in [2.05, 4.69) is 0 Å². The van der Waals surface area contributed by atoms with Crippen LogP contribution in [0.1, 0.15) is 15.4 Å². The SMILES string of the molecule is Cc1cc2cc(O)ccc2n1C(=O)c1ccc(Cl)s1. The van der Waals surface area contributed by atoms with Gasteiger partial charge in [0.2, 0.25) is 0 Å². The Morgan fingerprint density at radius 2 is 2.05 bits per heavy atom. The first kappa shape index (κ1) is 12.3. The van der Waals surface area contributed by atoms with Crippen molar-refractivity contribution in [2.75, 3.05) is 0 Å². The van der Waals surface area contributed by atoms with Crippen molar-refractivity contribution in [3.63, 3.8) is 0 Å². The Morgan fingerprint density at radius 3 is 2.74 bits per heavy atom. The van der Waals surface area contributed by atoms with Crippen LogP contribution in [-0.4, -0.2) is 15.6 Å². The molecular weight excluding hydrogens is 282 g/mol. The minimum Gasteiger partial charge on any atom is -0.508 e. The first-order valence-corrected chi connectivity index (χ1v) is 6.87. The Morgan fingerprint density at radius 1 is 1.26 bits per heavy atom. The average Bonchev–Trinajstić information content (AvgIpc) is 2.91. The maximum Gasteiger partial charge on any atom is 0.272 e. The lowest BCUT2D eigenvalue weighted by molar-refractivity contribution is 0.0967. The number of halogens is 1. The van der Waals surface area contributed by atoms with Gasteiger partial charge < -0.3 is 5.11 Å². The van der Waals surface area contributed by atoms with Crippen molar-refractivity contribution in [2.45, 2.75) is 6.92 Å². The van der Waals surface area contributed by atoms with Crippen LogP contribution in [0.4, 0.5) is 0 Å². The van der Waals surface area contributed by atoms with E-state index in [-0.39, 0.29) is 11.7 Å². The van der Waals surface area contributed by atoms with E-state index in [1.807, 2.05) is 13.0 Å². The van der Waals surface area contributed by atoms with Crippen molar-refractivity contribution >= 4 is 39.7 Å². The molecule has 0 atom stereocenters. The average molecular weight is 292 g/mol. The van der Waals surface area contributed by atoms with Crippen LogP contribution >= 0.6 is 22.9 Å². The molecule has 2 heterocycles. The molecule has 1 aromatic carbocycles. The van der Waals surface area contributed by atoms with Crippen LogP contribution in [-0.2, 0) is 0 Å². The van der Waals surface area contributed by atoms with E-state index in [4.69, 9.17) is 11.6 Å². The number of aromatic hydroxyl groups is 1.